The molecule has 0 radical (unpaired) electrons. The molecule has 6 aliphatic rings. The fourth-order valence-corrected chi connectivity index (χ4v) is 29.8. The Labute approximate surface area is 641 Å². The minimum absolute atomic E-state index is 0.0282. The van der Waals surface area contributed by atoms with Gasteiger partial charge in [-0.1, -0.05) is 257 Å². The van der Waals surface area contributed by atoms with Crippen molar-refractivity contribution in [2.24, 2.45) is 0 Å². The predicted molar refractivity (Wildman–Crippen MR) is 440 cm³/mol. The molecule has 6 aliphatic heterocycles. The average molecular weight is 1570 g/mol. The molecule has 20 heteroatoms. The van der Waals surface area contributed by atoms with Gasteiger partial charge in [-0.2, -0.15) is 0 Å². The Hall–Kier alpha value is -11.1. The van der Waals surface area contributed by atoms with Gasteiger partial charge in [-0.25, -0.2) is 9.13 Å². The predicted octanol–water partition coefficient (Wildman–Crippen LogP) is 22.6. The first-order valence-electron chi connectivity index (χ1n) is 36.4. The largest absolute Gasteiger partial charge is 0.463 e. The molecule has 0 saturated carbocycles. The van der Waals surface area contributed by atoms with Gasteiger partial charge in [0.05, 0.1) is 56.5 Å². The summed E-state index contributed by atoms with van der Waals surface area (Å²) in [4.78, 5) is 0. The minimum Gasteiger partial charge on any atom is -0.439 e. The Morgan fingerprint density at radius 1 is 0.234 bits per heavy atom. The van der Waals surface area contributed by atoms with Gasteiger partial charge < -0.3 is 36.2 Å². The highest BCUT2D eigenvalue weighted by molar-refractivity contribution is 7.68. The van der Waals surface area contributed by atoms with E-state index in [9.17, 15) is 0 Å². The van der Waals surface area contributed by atoms with Gasteiger partial charge in [-0.3, -0.25) is 18.3 Å². The molecule has 0 amide bonds. The van der Waals surface area contributed by atoms with Crippen molar-refractivity contribution in [3.8, 4) is 113 Å². The first-order chi connectivity index (χ1) is 53.8. The van der Waals surface area contributed by atoms with E-state index < -0.39 is 50.1 Å². The molecule has 0 aromatic heterocycles. The molecule has 544 valence electrons. The van der Waals surface area contributed by atoms with Crippen molar-refractivity contribution in [1.82, 2.24) is 0 Å². The Balaban J connectivity index is 0.851. The maximum Gasteiger partial charge on any atom is 0.463 e. The lowest BCUT2D eigenvalue weighted by molar-refractivity contribution is 0.393. The summed E-state index contributed by atoms with van der Waals surface area (Å²) >= 11 is 0. The van der Waals surface area contributed by atoms with E-state index >= 15 is 27.4 Å². The topological polar surface area (TPSA) is 176 Å². The molecule has 6 atom stereocenters. The van der Waals surface area contributed by atoms with E-state index in [4.69, 9.17) is 36.2 Å². The van der Waals surface area contributed by atoms with Gasteiger partial charge in [-0.05, 0) is 106 Å². The lowest BCUT2D eigenvalue weighted by Crippen LogP contribution is -2.26. The smallest absolute Gasteiger partial charge is 0.439 e. The molecule has 0 bridgehead atoms. The molecular formula is C91H66O14P6. The number of hydrogen-bond donors (Lipinski definition) is 0. The lowest BCUT2D eigenvalue weighted by atomic mass is 9.76. The van der Waals surface area contributed by atoms with Crippen LogP contribution in [0.3, 0.4) is 0 Å². The molecule has 20 rings (SSSR count). The van der Waals surface area contributed by atoms with Crippen LogP contribution in [0.2, 0.25) is 0 Å². The van der Waals surface area contributed by atoms with Crippen LogP contribution in [0.4, 0.5) is 0 Å². The van der Waals surface area contributed by atoms with Crippen molar-refractivity contribution in [1.29, 1.82) is 0 Å². The van der Waals surface area contributed by atoms with Crippen molar-refractivity contribution in [3.05, 3.63) is 349 Å². The van der Waals surface area contributed by atoms with Crippen LogP contribution in [0.1, 0.15) is 47.2 Å². The Bertz CT molecular complexity index is 5960. The normalized spacial score (nSPS) is 21.4. The number of hydrogen-bond acceptors (Lipinski definition) is 14. The van der Waals surface area contributed by atoms with Gasteiger partial charge in [0.2, 0.25) is 0 Å². The summed E-state index contributed by atoms with van der Waals surface area (Å²) in [5.74, 6) is 2.10. The van der Waals surface area contributed by atoms with Crippen LogP contribution in [0.5, 0.6) is 46.0 Å². The summed E-state index contributed by atoms with van der Waals surface area (Å²) in [5, 5.41) is 2.25. The summed E-state index contributed by atoms with van der Waals surface area (Å²) in [5.41, 5.74) is 9.04. The maximum absolute atomic E-state index is 17.0. The Morgan fingerprint density at radius 3 is 0.649 bits per heavy atom. The van der Waals surface area contributed by atoms with Gasteiger partial charge in [0.25, 0.3) is 29.5 Å². The fourth-order valence-electron chi connectivity index (χ4n) is 16.5. The van der Waals surface area contributed by atoms with Crippen LogP contribution in [-0.2, 0) is 57.5 Å². The number of fused-ring (bicyclic) bond motifs is 18. The summed E-state index contributed by atoms with van der Waals surface area (Å²) < 4.78 is 158. The van der Waals surface area contributed by atoms with Crippen molar-refractivity contribution in [3.63, 3.8) is 0 Å². The summed E-state index contributed by atoms with van der Waals surface area (Å²) in [6.07, 6.45) is -1.50. The molecule has 6 heterocycles. The SMILES string of the molecule is CC(C)(c1cc(CP2(=O)Oc3ccccc3-c3ccccc32)c(OP2(=O)Oc3ccccc3-c3ccccc32)c(CP2(=O)Oc3ccccc3-c3ccccc32)c1)c1cc(CP2(=O)Oc3ccccc3-c3ccccc32)c(OP2(=O)Oc3ccccc3-c3ccccc32)c(CP2(=O)Oc3ccccc3-c3ccccc32)c1. The summed E-state index contributed by atoms with van der Waals surface area (Å²) in [6, 6.07) is 96.0. The molecular weight excluding hydrogens is 1500 g/mol. The van der Waals surface area contributed by atoms with Gasteiger partial charge in [0, 0.05) is 72.2 Å². The Morgan fingerprint density at radius 2 is 0.414 bits per heavy atom. The fraction of sp³-hybridized carbons (Fsp3) is 0.0769. The van der Waals surface area contributed by atoms with E-state index in [2.05, 4.69) is 0 Å². The van der Waals surface area contributed by atoms with E-state index in [1.54, 1.807) is 97.1 Å². The van der Waals surface area contributed by atoms with Crippen LogP contribution in [0.25, 0.3) is 66.8 Å². The molecule has 14 nitrogen and oxygen atoms in total. The van der Waals surface area contributed by atoms with Crippen molar-refractivity contribution < 1.29 is 63.6 Å². The first-order valence-corrected chi connectivity index (χ1v) is 46.8. The van der Waals surface area contributed by atoms with Crippen LogP contribution in [0, 0.1) is 0 Å². The second kappa shape index (κ2) is 26.0. The molecule has 111 heavy (non-hydrogen) atoms. The molecule has 6 unspecified atom stereocenters. The monoisotopic (exact) mass is 1570 g/mol. The second-order valence-electron chi connectivity index (χ2n) is 29.0. The zero-order valence-corrected chi connectivity index (χ0v) is 65.1. The summed E-state index contributed by atoms with van der Waals surface area (Å²) in [7, 11) is -26.0. The van der Waals surface area contributed by atoms with Crippen LogP contribution in [-0.4, -0.2) is 0 Å². The second-order valence-corrected chi connectivity index (χ2v) is 42.0. The van der Waals surface area contributed by atoms with Crippen molar-refractivity contribution in [2.45, 2.75) is 43.9 Å². The van der Waals surface area contributed by atoms with E-state index in [1.807, 2.05) is 232 Å². The van der Waals surface area contributed by atoms with Gasteiger partial charge in [-0.15, -0.1) is 0 Å². The number of benzene rings is 14. The van der Waals surface area contributed by atoms with Crippen LogP contribution in [0.15, 0.2) is 315 Å². The van der Waals surface area contributed by atoms with E-state index in [0.717, 1.165) is 22.3 Å². The first kappa shape index (κ1) is 69.1. The zero-order valence-electron chi connectivity index (χ0n) is 59.7. The van der Waals surface area contributed by atoms with Crippen molar-refractivity contribution in [2.75, 3.05) is 0 Å². The van der Waals surface area contributed by atoms with Gasteiger partial charge >= 0.3 is 15.2 Å². The highest BCUT2D eigenvalue weighted by Gasteiger charge is 2.49. The van der Waals surface area contributed by atoms with Crippen LogP contribution >= 0.6 is 44.7 Å². The molecule has 0 spiro atoms. The standard InChI is InChI=1S/C91H66O14P6/c1-91(2,63-51-59(55-106(92)83-45-21-9-33-71(83)65-27-3-15-39-77(65)98-106)89(104-110(96)87-49-25-13-37-75(87)69-31-7-19-43-81(69)102-110)60(52-63)56-107(93)84-46-22-10-34-72(84)66-28-4-16-40-78(66)99-107)64-53-61(57-108(94)85-47-23-11-35-73(85)67-29-5-17-41-79(67)100-108)90(105-111(97)88-50-26-14-38-76(88)70-32-8-20-44-82(70)103-111)62(54-64)58-109(95)86-48-24-12-36-74(86)68-30-6-18-42-80(68)101-109/h3-54H,55-58H2,1-2H3. The lowest BCUT2D eigenvalue weighted by Gasteiger charge is -2.35. The third-order valence-corrected chi connectivity index (χ3v) is 35.0. The highest BCUT2D eigenvalue weighted by atomic mass is 31.2. The number of para-hydroxylation sites is 6. The highest BCUT2D eigenvalue weighted by Crippen LogP contribution is 2.67. The summed E-state index contributed by atoms with van der Waals surface area (Å²) in [6.45, 7) is 3.98. The molecule has 0 saturated heterocycles. The maximum atomic E-state index is 17.0. The number of rotatable bonds is 14. The third kappa shape index (κ3) is 11.4. The molecule has 14 aromatic rings. The average Bonchev–Trinajstić information content (AvgIpc) is 0.722. The molecule has 0 aliphatic carbocycles. The Kier molecular flexibility index (Phi) is 16.2. The minimum atomic E-state index is -4.61. The van der Waals surface area contributed by atoms with E-state index in [-0.39, 0.29) is 69.0 Å². The van der Waals surface area contributed by atoms with Gasteiger partial charge in [0.1, 0.15) is 46.0 Å². The van der Waals surface area contributed by atoms with E-state index in [0.29, 0.717) is 111 Å². The molecule has 14 aromatic carbocycles. The molecule has 0 N–H and O–H groups in total. The quantitative estimate of drug-likeness (QED) is 0.0940. The zero-order chi connectivity index (χ0) is 75.2. The van der Waals surface area contributed by atoms with Gasteiger partial charge in [0.15, 0.2) is 0 Å². The molecule has 0 fully saturated rings. The van der Waals surface area contributed by atoms with E-state index in [1.165, 1.54) is 0 Å². The third-order valence-electron chi connectivity index (χ3n) is 21.8. The van der Waals surface area contributed by atoms with Crippen molar-refractivity contribution >= 4 is 76.5 Å². The van der Waals surface area contributed by atoms with Crippen LogP contribution < -0.4 is 68.0 Å².